The van der Waals surface area contributed by atoms with E-state index in [1.165, 1.54) is 0 Å². The Morgan fingerprint density at radius 2 is 2.42 bits per heavy atom. The van der Waals surface area contributed by atoms with Crippen LogP contribution in [0.4, 0.5) is 0 Å². The molecule has 0 saturated carbocycles. The third-order valence-corrected chi connectivity index (χ3v) is 3.28. The van der Waals surface area contributed by atoms with E-state index in [-0.39, 0.29) is 11.8 Å². The van der Waals surface area contributed by atoms with Gasteiger partial charge in [0.05, 0.1) is 0 Å². The van der Waals surface area contributed by atoms with E-state index in [2.05, 4.69) is 0 Å². The van der Waals surface area contributed by atoms with Crippen molar-refractivity contribution in [2.24, 2.45) is 5.92 Å². The average Bonchev–Trinajstić information content (AvgIpc) is 2.33. The fraction of sp³-hybridized carbons (Fsp3) is 0.889. The van der Waals surface area contributed by atoms with E-state index in [0.29, 0.717) is 12.8 Å². The Labute approximate surface area is 72.4 Å². The van der Waals surface area contributed by atoms with E-state index in [1.54, 1.807) is 4.90 Å². The van der Waals surface area contributed by atoms with E-state index < -0.39 is 5.72 Å². The quantitative estimate of drug-likeness (QED) is 0.580. The second-order valence-electron chi connectivity index (χ2n) is 3.97. The highest BCUT2D eigenvalue weighted by molar-refractivity contribution is 5.79. The third kappa shape index (κ3) is 0.891. The summed E-state index contributed by atoms with van der Waals surface area (Å²) in [4.78, 5) is 13.0. The molecule has 3 heteroatoms. The van der Waals surface area contributed by atoms with Gasteiger partial charge in [-0.2, -0.15) is 0 Å². The lowest BCUT2D eigenvalue weighted by atomic mass is 9.87. The molecule has 2 rings (SSSR count). The topological polar surface area (TPSA) is 40.5 Å². The largest absolute Gasteiger partial charge is 0.370 e. The Bertz CT molecular complexity index is 217. The zero-order valence-corrected chi connectivity index (χ0v) is 7.42. The molecule has 2 aliphatic heterocycles. The number of nitrogens with zero attached hydrogens (tertiary/aromatic N) is 1. The summed E-state index contributed by atoms with van der Waals surface area (Å²) in [5.41, 5.74) is -0.796. The van der Waals surface area contributed by atoms with Crippen molar-refractivity contribution in [3.05, 3.63) is 0 Å². The summed E-state index contributed by atoms with van der Waals surface area (Å²) in [6, 6.07) is 0. The first-order chi connectivity index (χ1) is 5.64. The average molecular weight is 169 g/mol. The summed E-state index contributed by atoms with van der Waals surface area (Å²) in [5, 5.41) is 10.2. The molecule has 12 heavy (non-hydrogen) atoms. The molecule has 1 amide bonds. The zero-order valence-electron chi connectivity index (χ0n) is 7.42. The molecule has 3 nitrogen and oxygen atoms in total. The van der Waals surface area contributed by atoms with Crippen molar-refractivity contribution >= 4 is 5.91 Å². The van der Waals surface area contributed by atoms with E-state index in [4.69, 9.17) is 0 Å². The summed E-state index contributed by atoms with van der Waals surface area (Å²) in [5.74, 6) is 0.377. The maximum atomic E-state index is 11.3. The second kappa shape index (κ2) is 2.46. The van der Waals surface area contributed by atoms with Crippen molar-refractivity contribution in [3.63, 3.8) is 0 Å². The summed E-state index contributed by atoms with van der Waals surface area (Å²) in [6.07, 6.45) is 3.24. The number of fused-ring (bicyclic) bond motifs is 1. The van der Waals surface area contributed by atoms with Crippen LogP contribution in [-0.2, 0) is 4.79 Å². The Hall–Kier alpha value is -0.570. The lowest BCUT2D eigenvalue weighted by Gasteiger charge is -2.42. The highest BCUT2D eigenvalue weighted by Gasteiger charge is 2.49. The number of hydrogen-bond donors (Lipinski definition) is 1. The molecule has 0 aromatic carbocycles. The molecule has 2 saturated heterocycles. The van der Waals surface area contributed by atoms with Gasteiger partial charge in [-0.1, -0.05) is 6.92 Å². The van der Waals surface area contributed by atoms with Gasteiger partial charge in [0.15, 0.2) is 0 Å². The van der Waals surface area contributed by atoms with Crippen molar-refractivity contribution in [2.75, 3.05) is 6.54 Å². The number of piperidine rings is 1. The Balaban J connectivity index is 2.26. The predicted molar refractivity (Wildman–Crippen MR) is 44.3 cm³/mol. The number of carbonyl (C=O) groups excluding carboxylic acids is 1. The molecule has 0 unspecified atom stereocenters. The van der Waals surface area contributed by atoms with Gasteiger partial charge in [-0.15, -0.1) is 0 Å². The van der Waals surface area contributed by atoms with Crippen LogP contribution in [0.2, 0.25) is 0 Å². The Morgan fingerprint density at radius 3 is 3.08 bits per heavy atom. The number of aliphatic hydroxyl groups is 1. The first kappa shape index (κ1) is 8.05. The van der Waals surface area contributed by atoms with Crippen molar-refractivity contribution in [2.45, 2.75) is 38.3 Å². The van der Waals surface area contributed by atoms with Gasteiger partial charge in [-0.3, -0.25) is 4.79 Å². The molecule has 0 bridgehead atoms. The van der Waals surface area contributed by atoms with Crippen LogP contribution in [0, 0.1) is 5.92 Å². The van der Waals surface area contributed by atoms with Crippen molar-refractivity contribution in [1.29, 1.82) is 0 Å². The minimum atomic E-state index is -0.796. The highest BCUT2D eigenvalue weighted by atomic mass is 16.3. The molecule has 0 spiro atoms. The summed E-state index contributed by atoms with van der Waals surface area (Å²) < 4.78 is 0. The maximum Gasteiger partial charge on any atom is 0.225 e. The number of hydrogen-bond acceptors (Lipinski definition) is 2. The Morgan fingerprint density at radius 1 is 1.67 bits per heavy atom. The first-order valence-electron chi connectivity index (χ1n) is 4.67. The van der Waals surface area contributed by atoms with E-state index in [1.807, 2.05) is 6.92 Å². The first-order valence-corrected chi connectivity index (χ1v) is 4.67. The molecule has 2 atom stereocenters. The van der Waals surface area contributed by atoms with Gasteiger partial charge in [0.2, 0.25) is 5.91 Å². The molecule has 0 aliphatic carbocycles. The van der Waals surface area contributed by atoms with Crippen molar-refractivity contribution < 1.29 is 9.90 Å². The van der Waals surface area contributed by atoms with Crippen LogP contribution < -0.4 is 0 Å². The zero-order chi connectivity index (χ0) is 8.77. The molecule has 0 aromatic heterocycles. The normalized spacial score (nSPS) is 41.7. The van der Waals surface area contributed by atoms with Gasteiger partial charge in [0.1, 0.15) is 5.72 Å². The van der Waals surface area contributed by atoms with Crippen LogP contribution in [0.3, 0.4) is 0 Å². The van der Waals surface area contributed by atoms with E-state index in [9.17, 15) is 9.90 Å². The fourth-order valence-electron chi connectivity index (χ4n) is 2.39. The van der Waals surface area contributed by atoms with Crippen LogP contribution >= 0.6 is 0 Å². The highest BCUT2D eigenvalue weighted by Crippen LogP contribution is 2.39. The van der Waals surface area contributed by atoms with Crippen LogP contribution in [0.1, 0.15) is 32.6 Å². The van der Waals surface area contributed by atoms with E-state index >= 15 is 0 Å². The van der Waals surface area contributed by atoms with Gasteiger partial charge in [0, 0.05) is 25.3 Å². The molecular formula is C9H15NO2. The van der Waals surface area contributed by atoms with Crippen molar-refractivity contribution in [1.82, 2.24) is 4.90 Å². The summed E-state index contributed by atoms with van der Waals surface area (Å²) in [7, 11) is 0. The molecule has 2 aliphatic rings. The molecule has 2 fully saturated rings. The molecule has 2 heterocycles. The standard InChI is InChI=1S/C9H15NO2/c1-7-3-2-6-10-8(11)4-5-9(7,10)12/h7,12H,2-6H2,1H3/t7-,9-/m1/s1. The molecule has 0 radical (unpaired) electrons. The second-order valence-corrected chi connectivity index (χ2v) is 3.97. The van der Waals surface area contributed by atoms with Gasteiger partial charge in [0.25, 0.3) is 0 Å². The number of rotatable bonds is 0. The summed E-state index contributed by atoms with van der Waals surface area (Å²) in [6.45, 7) is 2.78. The maximum absolute atomic E-state index is 11.3. The molecule has 1 N–H and O–H groups in total. The lowest BCUT2D eigenvalue weighted by Crippen LogP contribution is -2.53. The predicted octanol–water partition coefficient (Wildman–Crippen LogP) is 0.727. The molecule has 68 valence electrons. The fourth-order valence-corrected chi connectivity index (χ4v) is 2.39. The van der Waals surface area contributed by atoms with Crippen LogP contribution in [0.15, 0.2) is 0 Å². The third-order valence-electron chi connectivity index (χ3n) is 3.28. The summed E-state index contributed by atoms with van der Waals surface area (Å²) >= 11 is 0. The minimum Gasteiger partial charge on any atom is -0.370 e. The Kier molecular flexibility index (Phi) is 1.65. The molecule has 0 aromatic rings. The number of carbonyl (C=O) groups is 1. The van der Waals surface area contributed by atoms with Gasteiger partial charge < -0.3 is 10.0 Å². The van der Waals surface area contributed by atoms with Crippen LogP contribution in [0.5, 0.6) is 0 Å². The SMILES string of the molecule is C[C@@H]1CCCN2C(=O)CC[C@@]12O. The smallest absolute Gasteiger partial charge is 0.225 e. The van der Waals surface area contributed by atoms with Gasteiger partial charge in [-0.25, -0.2) is 0 Å². The lowest BCUT2D eigenvalue weighted by molar-refractivity contribution is -0.164. The van der Waals surface area contributed by atoms with Crippen LogP contribution in [0.25, 0.3) is 0 Å². The number of amides is 1. The monoisotopic (exact) mass is 169 g/mol. The van der Waals surface area contributed by atoms with Gasteiger partial charge >= 0.3 is 0 Å². The van der Waals surface area contributed by atoms with Crippen molar-refractivity contribution in [3.8, 4) is 0 Å². The van der Waals surface area contributed by atoms with Crippen LogP contribution in [-0.4, -0.2) is 28.2 Å². The molecular weight excluding hydrogens is 154 g/mol. The van der Waals surface area contributed by atoms with Gasteiger partial charge in [-0.05, 0) is 12.8 Å². The van der Waals surface area contributed by atoms with E-state index in [0.717, 1.165) is 19.4 Å². The minimum absolute atomic E-state index is 0.129.